The van der Waals surface area contributed by atoms with E-state index in [2.05, 4.69) is 46.1 Å². The summed E-state index contributed by atoms with van der Waals surface area (Å²) in [6.45, 7) is 3.18. The van der Waals surface area contributed by atoms with Crippen molar-refractivity contribution in [1.82, 2.24) is 14.9 Å². The summed E-state index contributed by atoms with van der Waals surface area (Å²) in [6, 6.07) is 14.7. The maximum absolute atomic E-state index is 13.3. The van der Waals surface area contributed by atoms with Gasteiger partial charge in [0.15, 0.2) is 0 Å². The first-order valence-corrected chi connectivity index (χ1v) is 9.04. The Morgan fingerprint density at radius 2 is 2.12 bits per heavy atom. The van der Waals surface area contributed by atoms with Crippen LogP contribution >= 0.6 is 0 Å². The minimum atomic E-state index is 0.145. The molecule has 1 aromatic heterocycles. The summed E-state index contributed by atoms with van der Waals surface area (Å²) in [4.78, 5) is 22.7. The van der Waals surface area contributed by atoms with Gasteiger partial charge in [0.2, 0.25) is 0 Å². The van der Waals surface area contributed by atoms with Gasteiger partial charge in [0.1, 0.15) is 0 Å². The molecule has 0 bridgehead atoms. The molecule has 2 aromatic carbocycles. The highest BCUT2D eigenvalue weighted by atomic mass is 16.2. The fraction of sp³-hybridized carbons (Fsp3) is 0.333. The molecule has 1 aliphatic heterocycles. The second-order valence-corrected chi connectivity index (χ2v) is 7.40. The number of H-pyrrole nitrogens is 1. The summed E-state index contributed by atoms with van der Waals surface area (Å²) >= 11 is 0. The van der Waals surface area contributed by atoms with Crippen molar-refractivity contribution in [2.24, 2.45) is 5.92 Å². The van der Waals surface area contributed by atoms with Crippen LogP contribution in [0.15, 0.2) is 48.8 Å². The van der Waals surface area contributed by atoms with Gasteiger partial charge < -0.3 is 9.88 Å². The molecule has 0 radical (unpaired) electrons. The first-order chi connectivity index (χ1) is 12.2. The molecule has 2 heterocycles. The average Bonchev–Trinajstić information content (AvgIpc) is 3.25. The van der Waals surface area contributed by atoms with Crippen molar-refractivity contribution in [2.45, 2.75) is 31.7 Å². The molecular formula is C21H21N3O. The Kier molecular flexibility index (Phi) is 3.20. The third-order valence-electron chi connectivity index (χ3n) is 6.02. The highest BCUT2D eigenvalue weighted by Crippen LogP contribution is 2.45. The van der Waals surface area contributed by atoms with E-state index in [1.165, 1.54) is 11.1 Å². The van der Waals surface area contributed by atoms with Crippen molar-refractivity contribution in [3.05, 3.63) is 65.5 Å². The lowest BCUT2D eigenvalue weighted by Crippen LogP contribution is -2.48. The van der Waals surface area contributed by atoms with Gasteiger partial charge in [0, 0.05) is 24.1 Å². The summed E-state index contributed by atoms with van der Waals surface area (Å²) in [5.74, 6) is 1.23. The molecule has 1 saturated heterocycles. The van der Waals surface area contributed by atoms with E-state index >= 15 is 0 Å². The zero-order chi connectivity index (χ0) is 17.0. The number of likely N-dealkylation sites (tertiary alicyclic amines) is 1. The number of imidazole rings is 1. The lowest BCUT2D eigenvalue weighted by Gasteiger charge is -2.41. The van der Waals surface area contributed by atoms with E-state index in [4.69, 9.17) is 0 Å². The maximum atomic E-state index is 13.3. The highest BCUT2D eigenvalue weighted by molar-refractivity contribution is 5.97. The molecule has 1 unspecified atom stereocenters. The number of rotatable bonds is 1. The van der Waals surface area contributed by atoms with Crippen LogP contribution in [-0.2, 0) is 6.42 Å². The van der Waals surface area contributed by atoms with Gasteiger partial charge in [-0.05, 0) is 48.1 Å². The van der Waals surface area contributed by atoms with Crippen molar-refractivity contribution < 1.29 is 4.79 Å². The Labute approximate surface area is 146 Å². The van der Waals surface area contributed by atoms with Gasteiger partial charge in [-0.1, -0.05) is 31.2 Å². The number of aromatic amines is 1. The Balaban J connectivity index is 1.50. The maximum Gasteiger partial charge on any atom is 0.254 e. The van der Waals surface area contributed by atoms with Gasteiger partial charge >= 0.3 is 0 Å². The third-order valence-corrected chi connectivity index (χ3v) is 6.02. The van der Waals surface area contributed by atoms with Gasteiger partial charge in [0.05, 0.1) is 17.4 Å². The molecule has 3 atom stereocenters. The topological polar surface area (TPSA) is 49.0 Å². The number of fused-ring (bicyclic) bond motifs is 4. The molecule has 1 fully saturated rings. The van der Waals surface area contributed by atoms with Crippen LogP contribution in [0.25, 0.3) is 11.0 Å². The van der Waals surface area contributed by atoms with E-state index in [1.54, 1.807) is 6.33 Å². The predicted octanol–water partition coefficient (Wildman–Crippen LogP) is 3.75. The quantitative estimate of drug-likeness (QED) is 0.738. The molecule has 1 aliphatic carbocycles. The van der Waals surface area contributed by atoms with Gasteiger partial charge in [-0.3, -0.25) is 4.79 Å². The smallest absolute Gasteiger partial charge is 0.254 e. The largest absolute Gasteiger partial charge is 0.345 e. The molecule has 1 N–H and O–H groups in total. The first kappa shape index (κ1) is 14.7. The van der Waals surface area contributed by atoms with Crippen molar-refractivity contribution in [3.63, 3.8) is 0 Å². The molecule has 5 rings (SSSR count). The molecule has 2 aliphatic rings. The number of amides is 1. The molecular weight excluding hydrogens is 310 g/mol. The van der Waals surface area contributed by atoms with E-state index in [-0.39, 0.29) is 11.9 Å². The highest BCUT2D eigenvalue weighted by Gasteiger charge is 2.44. The second-order valence-electron chi connectivity index (χ2n) is 7.40. The number of benzene rings is 2. The summed E-state index contributed by atoms with van der Waals surface area (Å²) in [5, 5.41) is 0. The second kappa shape index (κ2) is 5.45. The van der Waals surface area contributed by atoms with Crippen molar-refractivity contribution in [2.75, 3.05) is 6.54 Å². The standard InChI is InChI=1S/C21H21N3O/c1-13-8-9-24(19-11-14-4-2-3-5-16(14)20(13)19)21(25)15-6-7-17-18(10-15)23-12-22-17/h2-7,10,12-13,19-20H,8-9,11H2,1H3,(H,22,23)/t13-,19-,20?/m0/s1. The zero-order valence-corrected chi connectivity index (χ0v) is 14.3. The Hall–Kier alpha value is -2.62. The van der Waals surface area contributed by atoms with E-state index in [0.717, 1.165) is 36.0 Å². The van der Waals surface area contributed by atoms with E-state index in [0.29, 0.717) is 11.8 Å². The van der Waals surface area contributed by atoms with Crippen LogP contribution < -0.4 is 0 Å². The number of piperidine rings is 1. The number of hydrogen-bond donors (Lipinski definition) is 1. The molecule has 1 amide bonds. The zero-order valence-electron chi connectivity index (χ0n) is 14.3. The van der Waals surface area contributed by atoms with Crippen molar-refractivity contribution in [1.29, 1.82) is 0 Å². The molecule has 4 heteroatoms. The Morgan fingerprint density at radius 1 is 1.24 bits per heavy atom. The molecule has 126 valence electrons. The lowest BCUT2D eigenvalue weighted by atomic mass is 9.80. The number of nitrogens with one attached hydrogen (secondary N) is 1. The van der Waals surface area contributed by atoms with Crippen LogP contribution in [0.4, 0.5) is 0 Å². The number of hydrogen-bond acceptors (Lipinski definition) is 2. The van der Waals surface area contributed by atoms with Crippen molar-refractivity contribution >= 4 is 16.9 Å². The van der Waals surface area contributed by atoms with Crippen LogP contribution in [0.5, 0.6) is 0 Å². The lowest BCUT2D eigenvalue weighted by molar-refractivity contribution is 0.0529. The van der Waals surface area contributed by atoms with Crippen LogP contribution in [0, 0.1) is 5.92 Å². The molecule has 25 heavy (non-hydrogen) atoms. The summed E-state index contributed by atoms with van der Waals surface area (Å²) in [7, 11) is 0. The van der Waals surface area contributed by atoms with Gasteiger partial charge in [-0.25, -0.2) is 4.98 Å². The van der Waals surface area contributed by atoms with E-state index < -0.39 is 0 Å². The third kappa shape index (κ3) is 2.20. The monoisotopic (exact) mass is 331 g/mol. The Morgan fingerprint density at radius 3 is 3.04 bits per heavy atom. The molecule has 4 nitrogen and oxygen atoms in total. The minimum Gasteiger partial charge on any atom is -0.345 e. The SMILES string of the molecule is C[C@H]1CCN(C(=O)c2ccc3nc[nH]c3c2)[C@H]2Cc3ccccc3C12. The molecule has 3 aromatic rings. The van der Waals surface area contributed by atoms with Crippen LogP contribution in [0.2, 0.25) is 0 Å². The van der Waals surface area contributed by atoms with Gasteiger partial charge in [0.25, 0.3) is 5.91 Å². The fourth-order valence-electron chi connectivity index (χ4n) is 4.77. The summed E-state index contributed by atoms with van der Waals surface area (Å²) < 4.78 is 0. The number of aromatic nitrogens is 2. The van der Waals surface area contributed by atoms with Crippen LogP contribution in [0.3, 0.4) is 0 Å². The number of nitrogens with zero attached hydrogens (tertiary/aromatic N) is 2. The van der Waals surface area contributed by atoms with E-state index in [1.807, 2.05) is 18.2 Å². The minimum absolute atomic E-state index is 0.145. The normalized spacial score (nSPS) is 25.0. The van der Waals surface area contributed by atoms with Crippen molar-refractivity contribution in [3.8, 4) is 0 Å². The van der Waals surface area contributed by atoms with Crippen LogP contribution in [0.1, 0.15) is 40.7 Å². The van der Waals surface area contributed by atoms with Gasteiger partial charge in [-0.2, -0.15) is 0 Å². The van der Waals surface area contributed by atoms with Gasteiger partial charge in [-0.15, -0.1) is 0 Å². The molecule has 0 spiro atoms. The number of carbonyl (C=O) groups is 1. The number of carbonyl (C=O) groups excluding carboxylic acids is 1. The van der Waals surface area contributed by atoms with Crippen LogP contribution in [-0.4, -0.2) is 33.4 Å². The first-order valence-electron chi connectivity index (χ1n) is 9.04. The summed E-state index contributed by atoms with van der Waals surface area (Å²) in [6.07, 6.45) is 3.71. The molecule has 0 saturated carbocycles. The summed E-state index contributed by atoms with van der Waals surface area (Å²) in [5.41, 5.74) is 5.42. The average molecular weight is 331 g/mol. The van der Waals surface area contributed by atoms with E-state index in [9.17, 15) is 4.79 Å². The Bertz CT molecular complexity index is 960. The predicted molar refractivity (Wildman–Crippen MR) is 97.6 cm³/mol. The fourth-order valence-corrected chi connectivity index (χ4v) is 4.77.